The summed E-state index contributed by atoms with van der Waals surface area (Å²) in [6, 6.07) is 9.82. The number of aryl methyl sites for hydroxylation is 1. The van der Waals surface area contributed by atoms with E-state index in [0.29, 0.717) is 5.69 Å². The van der Waals surface area contributed by atoms with E-state index < -0.39 is 11.7 Å². The number of hydrogen-bond donors (Lipinski definition) is 1. The van der Waals surface area contributed by atoms with Crippen LogP contribution in [0, 0.1) is 12.7 Å². The van der Waals surface area contributed by atoms with E-state index in [2.05, 4.69) is 21.2 Å². The molecule has 2 rings (SSSR count). The molecule has 0 aliphatic rings. The molecule has 0 saturated carbocycles. The Balaban J connectivity index is 2.24. The lowest BCUT2D eigenvalue weighted by Gasteiger charge is -2.09. The van der Waals surface area contributed by atoms with Crippen LogP contribution in [0.5, 0.6) is 5.75 Å². The Hall–Kier alpha value is -1.88. The first kappa shape index (κ1) is 14.5. The van der Waals surface area contributed by atoms with Gasteiger partial charge in [-0.2, -0.15) is 0 Å². The number of ether oxygens (including phenoxy) is 1. The maximum absolute atomic E-state index is 13.8. The molecule has 2 aromatic rings. The maximum atomic E-state index is 13.8. The lowest BCUT2D eigenvalue weighted by Crippen LogP contribution is -2.14. The molecule has 1 N–H and O–H groups in total. The second kappa shape index (κ2) is 6.05. The van der Waals surface area contributed by atoms with E-state index in [-0.39, 0.29) is 10.0 Å². The largest absolute Gasteiger partial charge is 0.496 e. The van der Waals surface area contributed by atoms with Crippen molar-refractivity contribution in [3.63, 3.8) is 0 Å². The van der Waals surface area contributed by atoms with Gasteiger partial charge in [0.25, 0.3) is 5.91 Å². The highest BCUT2D eigenvalue weighted by molar-refractivity contribution is 9.10. The zero-order valence-corrected chi connectivity index (χ0v) is 12.6. The zero-order chi connectivity index (χ0) is 14.7. The van der Waals surface area contributed by atoms with Crippen LogP contribution in [0.1, 0.15) is 15.9 Å². The molecular formula is C15H13BrFNO2. The molecule has 0 atom stereocenters. The third-order valence-corrected chi connectivity index (χ3v) is 3.46. The predicted octanol–water partition coefficient (Wildman–Crippen LogP) is 4.16. The van der Waals surface area contributed by atoms with Crippen LogP contribution in [0.15, 0.2) is 40.9 Å². The predicted molar refractivity (Wildman–Crippen MR) is 79.8 cm³/mol. The van der Waals surface area contributed by atoms with Gasteiger partial charge in [0.2, 0.25) is 0 Å². The molecule has 0 aromatic heterocycles. The number of rotatable bonds is 3. The van der Waals surface area contributed by atoms with E-state index in [1.165, 1.54) is 6.07 Å². The van der Waals surface area contributed by atoms with Crippen molar-refractivity contribution in [2.75, 3.05) is 12.4 Å². The third-order valence-electron chi connectivity index (χ3n) is 2.85. The molecule has 2 aromatic carbocycles. The van der Waals surface area contributed by atoms with Gasteiger partial charge in [-0.3, -0.25) is 4.79 Å². The van der Waals surface area contributed by atoms with Crippen molar-refractivity contribution >= 4 is 27.5 Å². The number of carbonyl (C=O) groups is 1. The van der Waals surface area contributed by atoms with Crippen LogP contribution in [0.2, 0.25) is 0 Å². The molecule has 5 heteroatoms. The highest BCUT2D eigenvalue weighted by atomic mass is 79.9. The average Bonchev–Trinajstić information content (AvgIpc) is 2.42. The van der Waals surface area contributed by atoms with Gasteiger partial charge in [-0.1, -0.05) is 6.07 Å². The topological polar surface area (TPSA) is 38.3 Å². The van der Waals surface area contributed by atoms with E-state index in [0.717, 1.165) is 11.3 Å². The van der Waals surface area contributed by atoms with Crippen LogP contribution in [-0.2, 0) is 0 Å². The smallest absolute Gasteiger partial charge is 0.258 e. The summed E-state index contributed by atoms with van der Waals surface area (Å²) in [5.41, 5.74) is 1.47. The van der Waals surface area contributed by atoms with Gasteiger partial charge in [0.15, 0.2) is 0 Å². The second-order valence-electron chi connectivity index (χ2n) is 4.24. The first-order valence-corrected chi connectivity index (χ1v) is 6.72. The SMILES string of the molecule is COc1ccc(NC(=O)c2cccc(Br)c2F)cc1C. The first-order chi connectivity index (χ1) is 9.52. The van der Waals surface area contributed by atoms with Crippen molar-refractivity contribution in [3.05, 3.63) is 57.8 Å². The minimum Gasteiger partial charge on any atom is -0.496 e. The summed E-state index contributed by atoms with van der Waals surface area (Å²) in [5.74, 6) is -0.333. The van der Waals surface area contributed by atoms with Gasteiger partial charge in [-0.05, 0) is 58.7 Å². The summed E-state index contributed by atoms with van der Waals surface area (Å²) in [7, 11) is 1.58. The molecule has 1 amide bonds. The molecule has 3 nitrogen and oxygen atoms in total. The van der Waals surface area contributed by atoms with E-state index >= 15 is 0 Å². The molecular weight excluding hydrogens is 325 g/mol. The van der Waals surface area contributed by atoms with Gasteiger partial charge in [0.1, 0.15) is 11.6 Å². The molecule has 0 heterocycles. The van der Waals surface area contributed by atoms with Crippen molar-refractivity contribution in [2.45, 2.75) is 6.92 Å². The summed E-state index contributed by atoms with van der Waals surface area (Å²) in [6.45, 7) is 1.87. The lowest BCUT2D eigenvalue weighted by atomic mass is 10.1. The van der Waals surface area contributed by atoms with Gasteiger partial charge in [0.05, 0.1) is 17.1 Å². The fraction of sp³-hybridized carbons (Fsp3) is 0.133. The summed E-state index contributed by atoms with van der Waals surface area (Å²) in [6.07, 6.45) is 0. The zero-order valence-electron chi connectivity index (χ0n) is 11.0. The molecule has 0 unspecified atom stereocenters. The monoisotopic (exact) mass is 337 g/mol. The Bertz CT molecular complexity index is 658. The van der Waals surface area contributed by atoms with E-state index in [1.54, 1.807) is 37.4 Å². The summed E-state index contributed by atoms with van der Waals surface area (Å²) in [4.78, 5) is 12.0. The van der Waals surface area contributed by atoms with Crippen molar-refractivity contribution < 1.29 is 13.9 Å². The number of benzene rings is 2. The molecule has 0 aliphatic carbocycles. The fourth-order valence-electron chi connectivity index (χ4n) is 1.83. The number of nitrogens with one attached hydrogen (secondary N) is 1. The number of methoxy groups -OCH3 is 1. The second-order valence-corrected chi connectivity index (χ2v) is 5.09. The minimum atomic E-state index is -0.574. The molecule has 20 heavy (non-hydrogen) atoms. The quantitative estimate of drug-likeness (QED) is 0.913. The normalized spacial score (nSPS) is 10.2. The Kier molecular flexibility index (Phi) is 4.39. The van der Waals surface area contributed by atoms with Gasteiger partial charge in [-0.25, -0.2) is 4.39 Å². The Morgan fingerprint density at radius 3 is 2.70 bits per heavy atom. The maximum Gasteiger partial charge on any atom is 0.258 e. The molecule has 0 saturated heterocycles. The van der Waals surface area contributed by atoms with Crippen LogP contribution in [-0.4, -0.2) is 13.0 Å². The van der Waals surface area contributed by atoms with Gasteiger partial charge in [0, 0.05) is 5.69 Å². The van der Waals surface area contributed by atoms with Crippen molar-refractivity contribution in [1.29, 1.82) is 0 Å². The number of amides is 1. The summed E-state index contributed by atoms with van der Waals surface area (Å²) < 4.78 is 19.2. The van der Waals surface area contributed by atoms with Crippen LogP contribution < -0.4 is 10.1 Å². The number of anilines is 1. The van der Waals surface area contributed by atoms with Crippen molar-refractivity contribution in [1.82, 2.24) is 0 Å². The van der Waals surface area contributed by atoms with Crippen LogP contribution >= 0.6 is 15.9 Å². The van der Waals surface area contributed by atoms with Gasteiger partial charge < -0.3 is 10.1 Å². The molecule has 104 valence electrons. The summed E-state index contributed by atoms with van der Waals surface area (Å²) in [5, 5.41) is 2.66. The average molecular weight is 338 g/mol. The highest BCUT2D eigenvalue weighted by Crippen LogP contribution is 2.23. The van der Waals surface area contributed by atoms with Gasteiger partial charge >= 0.3 is 0 Å². The third kappa shape index (κ3) is 2.99. The molecule has 0 bridgehead atoms. The highest BCUT2D eigenvalue weighted by Gasteiger charge is 2.14. The fourth-order valence-corrected chi connectivity index (χ4v) is 2.20. The standard InChI is InChI=1S/C15H13BrFNO2/c1-9-8-10(6-7-13(9)20-2)18-15(19)11-4-3-5-12(16)14(11)17/h3-8H,1-2H3,(H,18,19). The molecule has 0 radical (unpaired) electrons. The van der Waals surface area contributed by atoms with Crippen molar-refractivity contribution in [3.8, 4) is 5.75 Å². The minimum absolute atomic E-state index is 0.00662. The number of carbonyl (C=O) groups excluding carboxylic acids is 1. The van der Waals surface area contributed by atoms with Crippen LogP contribution in [0.3, 0.4) is 0 Å². The van der Waals surface area contributed by atoms with Crippen LogP contribution in [0.4, 0.5) is 10.1 Å². The Morgan fingerprint density at radius 1 is 1.30 bits per heavy atom. The molecule has 0 aliphatic heterocycles. The van der Waals surface area contributed by atoms with E-state index in [4.69, 9.17) is 4.74 Å². The van der Waals surface area contributed by atoms with Gasteiger partial charge in [-0.15, -0.1) is 0 Å². The van der Waals surface area contributed by atoms with Crippen molar-refractivity contribution in [2.24, 2.45) is 0 Å². The summed E-state index contributed by atoms with van der Waals surface area (Å²) >= 11 is 3.06. The Labute approximate surface area is 124 Å². The van der Waals surface area contributed by atoms with Crippen LogP contribution in [0.25, 0.3) is 0 Å². The molecule has 0 spiro atoms. The van der Waals surface area contributed by atoms with E-state index in [9.17, 15) is 9.18 Å². The number of halogens is 2. The first-order valence-electron chi connectivity index (χ1n) is 5.93. The Morgan fingerprint density at radius 2 is 2.05 bits per heavy atom. The molecule has 0 fully saturated rings. The number of hydrogen-bond acceptors (Lipinski definition) is 2. The lowest BCUT2D eigenvalue weighted by molar-refractivity contribution is 0.102. The van der Waals surface area contributed by atoms with E-state index in [1.807, 2.05) is 6.92 Å².